The van der Waals surface area contributed by atoms with Gasteiger partial charge in [-0.1, -0.05) is 5.21 Å². The molecule has 0 amide bonds. The highest BCUT2D eigenvalue weighted by Crippen LogP contribution is 2.33. The van der Waals surface area contributed by atoms with Gasteiger partial charge in [-0.25, -0.2) is 19.4 Å². The molecule has 0 saturated heterocycles. The molecule has 0 aliphatic heterocycles. The summed E-state index contributed by atoms with van der Waals surface area (Å²) in [4.78, 5) is 22.0. The number of anilines is 1. The summed E-state index contributed by atoms with van der Waals surface area (Å²) < 4.78 is 1.49. The summed E-state index contributed by atoms with van der Waals surface area (Å²) in [5, 5.41) is 20.5. The molecule has 0 saturated carbocycles. The van der Waals surface area contributed by atoms with Gasteiger partial charge in [0.15, 0.2) is 5.69 Å². The average Bonchev–Trinajstić information content (AvgIpc) is 3.05. The number of thiophene rings is 1. The first-order chi connectivity index (χ1) is 11.0. The number of rotatable bonds is 5. The Morgan fingerprint density at radius 3 is 2.83 bits per heavy atom. The number of fused-ring (bicyclic) bond motifs is 1. The molecule has 3 aromatic rings. The molecule has 23 heavy (non-hydrogen) atoms. The van der Waals surface area contributed by atoms with Gasteiger partial charge >= 0.3 is 5.97 Å². The molecule has 9 heteroatoms. The molecule has 120 valence electrons. The van der Waals surface area contributed by atoms with E-state index in [0.29, 0.717) is 13.1 Å². The minimum Gasteiger partial charge on any atom is -0.476 e. The fourth-order valence-corrected chi connectivity index (χ4v) is 3.35. The van der Waals surface area contributed by atoms with Gasteiger partial charge in [-0.3, -0.25) is 0 Å². The van der Waals surface area contributed by atoms with E-state index in [1.54, 1.807) is 11.3 Å². The zero-order chi connectivity index (χ0) is 16.6. The minimum atomic E-state index is -1.08. The smallest absolute Gasteiger partial charge is 0.358 e. The van der Waals surface area contributed by atoms with Gasteiger partial charge < -0.3 is 10.4 Å². The van der Waals surface area contributed by atoms with Crippen LogP contribution in [-0.4, -0.2) is 42.6 Å². The molecule has 0 aliphatic carbocycles. The van der Waals surface area contributed by atoms with Gasteiger partial charge in [0.1, 0.15) is 16.5 Å². The number of hydrogen-bond acceptors (Lipinski definition) is 7. The molecule has 0 radical (unpaired) electrons. The summed E-state index contributed by atoms with van der Waals surface area (Å²) in [5.41, 5.74) is 1.12. The van der Waals surface area contributed by atoms with Gasteiger partial charge in [0, 0.05) is 11.4 Å². The standard InChI is InChI=1S/C14H16N6O2S/c1-7-8(2)23-13-11(7)12(16-9(3)17-13)15-4-5-20-6-10(14(21)22)18-19-20/h6H,4-5H2,1-3H3,(H,21,22)(H,15,16,17). The van der Waals surface area contributed by atoms with Crippen LogP contribution in [0.2, 0.25) is 0 Å². The molecule has 0 unspecified atom stereocenters. The maximum absolute atomic E-state index is 10.8. The van der Waals surface area contributed by atoms with Gasteiger partial charge in [0.25, 0.3) is 0 Å². The minimum absolute atomic E-state index is 0.0606. The van der Waals surface area contributed by atoms with E-state index in [1.165, 1.54) is 21.3 Å². The van der Waals surface area contributed by atoms with Crippen LogP contribution in [0.25, 0.3) is 10.2 Å². The Bertz CT molecular complexity index is 885. The third kappa shape index (κ3) is 3.00. The zero-order valence-corrected chi connectivity index (χ0v) is 13.8. The van der Waals surface area contributed by atoms with Crippen LogP contribution in [0.3, 0.4) is 0 Å². The molecule has 0 aromatic carbocycles. The molecule has 8 nitrogen and oxygen atoms in total. The second-order valence-electron chi connectivity index (χ2n) is 5.18. The molecule has 0 aliphatic rings. The summed E-state index contributed by atoms with van der Waals surface area (Å²) in [7, 11) is 0. The van der Waals surface area contributed by atoms with Crippen LogP contribution in [0.15, 0.2) is 6.20 Å². The van der Waals surface area contributed by atoms with Crippen LogP contribution in [0, 0.1) is 20.8 Å². The number of carboxylic acids is 1. The molecule has 0 fully saturated rings. The second-order valence-corrected chi connectivity index (χ2v) is 6.38. The van der Waals surface area contributed by atoms with Crippen LogP contribution in [0.4, 0.5) is 5.82 Å². The lowest BCUT2D eigenvalue weighted by molar-refractivity contribution is 0.0690. The molecule has 3 aromatic heterocycles. The lowest BCUT2D eigenvalue weighted by Crippen LogP contribution is -2.12. The largest absolute Gasteiger partial charge is 0.476 e. The number of nitrogens with zero attached hydrogens (tertiary/aromatic N) is 5. The number of nitrogens with one attached hydrogen (secondary N) is 1. The summed E-state index contributed by atoms with van der Waals surface area (Å²) in [5.74, 6) is 0.435. The van der Waals surface area contributed by atoms with Crippen molar-refractivity contribution in [1.82, 2.24) is 25.0 Å². The van der Waals surface area contributed by atoms with Crippen molar-refractivity contribution in [1.29, 1.82) is 0 Å². The molecule has 0 spiro atoms. The third-order valence-electron chi connectivity index (χ3n) is 3.53. The predicted octanol–water partition coefficient (Wildman–Crippen LogP) is 2.02. The van der Waals surface area contributed by atoms with Crippen LogP contribution < -0.4 is 5.32 Å². The molecule has 3 rings (SSSR count). The van der Waals surface area contributed by atoms with Crippen molar-refractivity contribution in [3.05, 3.63) is 28.2 Å². The molecular formula is C14H16N6O2S. The molecular weight excluding hydrogens is 316 g/mol. The maximum atomic E-state index is 10.8. The zero-order valence-electron chi connectivity index (χ0n) is 13.0. The molecule has 2 N–H and O–H groups in total. The fraction of sp³-hybridized carbons (Fsp3) is 0.357. The van der Waals surface area contributed by atoms with E-state index < -0.39 is 5.97 Å². The number of aromatic nitrogens is 5. The summed E-state index contributed by atoms with van der Waals surface area (Å²) >= 11 is 1.66. The topological polar surface area (TPSA) is 106 Å². The third-order valence-corrected chi connectivity index (χ3v) is 4.63. The van der Waals surface area contributed by atoms with Crippen molar-refractivity contribution in [2.75, 3.05) is 11.9 Å². The van der Waals surface area contributed by atoms with Crippen molar-refractivity contribution < 1.29 is 9.90 Å². The SMILES string of the molecule is Cc1nc(NCCn2cc(C(=O)O)nn2)c2c(C)c(C)sc2n1. The Morgan fingerprint density at radius 1 is 1.35 bits per heavy atom. The Balaban J connectivity index is 1.77. The number of aryl methyl sites for hydroxylation is 3. The Morgan fingerprint density at radius 2 is 2.13 bits per heavy atom. The van der Waals surface area contributed by atoms with E-state index in [9.17, 15) is 4.79 Å². The van der Waals surface area contributed by atoms with Crippen LogP contribution in [0.5, 0.6) is 0 Å². The first kappa shape index (κ1) is 15.3. The van der Waals surface area contributed by atoms with Crippen molar-refractivity contribution >= 4 is 33.3 Å². The summed E-state index contributed by atoms with van der Waals surface area (Å²) in [6, 6.07) is 0. The number of carbonyl (C=O) groups is 1. The van der Waals surface area contributed by atoms with Crippen molar-refractivity contribution in [3.63, 3.8) is 0 Å². The summed E-state index contributed by atoms with van der Waals surface area (Å²) in [6.07, 6.45) is 1.41. The van der Waals surface area contributed by atoms with Crippen LogP contribution >= 0.6 is 11.3 Å². The highest BCUT2D eigenvalue weighted by Gasteiger charge is 2.13. The lowest BCUT2D eigenvalue weighted by atomic mass is 10.2. The number of hydrogen-bond donors (Lipinski definition) is 2. The van der Waals surface area contributed by atoms with Gasteiger partial charge in [-0.2, -0.15) is 0 Å². The molecule has 0 atom stereocenters. The molecule has 3 heterocycles. The second kappa shape index (κ2) is 5.92. The van der Waals surface area contributed by atoms with Gasteiger partial charge in [-0.15, -0.1) is 16.4 Å². The van der Waals surface area contributed by atoms with Crippen molar-refractivity contribution in [2.24, 2.45) is 0 Å². The fourth-order valence-electron chi connectivity index (χ4n) is 2.28. The van der Waals surface area contributed by atoms with E-state index in [-0.39, 0.29) is 5.69 Å². The van der Waals surface area contributed by atoms with E-state index in [0.717, 1.165) is 21.9 Å². The quantitative estimate of drug-likeness (QED) is 0.736. The van der Waals surface area contributed by atoms with E-state index >= 15 is 0 Å². The number of aromatic carboxylic acids is 1. The van der Waals surface area contributed by atoms with Crippen LogP contribution in [0.1, 0.15) is 26.8 Å². The van der Waals surface area contributed by atoms with E-state index in [4.69, 9.17) is 5.11 Å². The Kier molecular flexibility index (Phi) is 3.95. The van der Waals surface area contributed by atoms with Crippen molar-refractivity contribution in [2.45, 2.75) is 27.3 Å². The van der Waals surface area contributed by atoms with Gasteiger partial charge in [0.05, 0.1) is 18.1 Å². The maximum Gasteiger partial charge on any atom is 0.358 e. The first-order valence-electron chi connectivity index (χ1n) is 7.07. The van der Waals surface area contributed by atoms with E-state index in [1.807, 2.05) is 6.92 Å². The Hall–Kier alpha value is -2.55. The highest BCUT2D eigenvalue weighted by molar-refractivity contribution is 7.18. The van der Waals surface area contributed by atoms with Gasteiger partial charge in [0.2, 0.25) is 0 Å². The Labute approximate surface area is 136 Å². The predicted molar refractivity (Wildman–Crippen MR) is 87.1 cm³/mol. The monoisotopic (exact) mass is 332 g/mol. The van der Waals surface area contributed by atoms with E-state index in [2.05, 4.69) is 39.4 Å². The first-order valence-corrected chi connectivity index (χ1v) is 7.89. The number of carboxylic acid groups (broad SMARTS) is 1. The van der Waals surface area contributed by atoms with Crippen LogP contribution in [-0.2, 0) is 6.54 Å². The average molecular weight is 332 g/mol. The highest BCUT2D eigenvalue weighted by atomic mass is 32.1. The molecule has 0 bridgehead atoms. The van der Waals surface area contributed by atoms with Gasteiger partial charge in [-0.05, 0) is 26.3 Å². The lowest BCUT2D eigenvalue weighted by Gasteiger charge is -2.08. The normalized spacial score (nSPS) is 11.1. The van der Waals surface area contributed by atoms with Crippen molar-refractivity contribution in [3.8, 4) is 0 Å². The summed E-state index contributed by atoms with van der Waals surface area (Å²) in [6.45, 7) is 7.05.